The van der Waals surface area contributed by atoms with Gasteiger partial charge in [0.15, 0.2) is 5.69 Å². The number of aromatic carboxylic acids is 1. The van der Waals surface area contributed by atoms with Crippen molar-refractivity contribution in [2.45, 2.75) is 13.0 Å². The number of aromatic nitrogens is 1. The molecule has 0 radical (unpaired) electrons. The summed E-state index contributed by atoms with van der Waals surface area (Å²) in [4.78, 5) is 26.1. The lowest BCUT2D eigenvalue weighted by Gasteiger charge is -2.05. The highest BCUT2D eigenvalue weighted by molar-refractivity contribution is 7.09. The second kappa shape index (κ2) is 7.01. The van der Waals surface area contributed by atoms with Crippen molar-refractivity contribution in [1.29, 1.82) is 0 Å². The first-order chi connectivity index (χ1) is 9.65. The van der Waals surface area contributed by atoms with Gasteiger partial charge in [-0.2, -0.15) is 11.3 Å². The summed E-state index contributed by atoms with van der Waals surface area (Å²) in [5.74, 6) is -1.03. The average molecular weight is 311 g/mol. The van der Waals surface area contributed by atoms with E-state index in [0.29, 0.717) is 24.5 Å². The summed E-state index contributed by atoms with van der Waals surface area (Å²) in [6, 6.07) is 1.71. The summed E-state index contributed by atoms with van der Waals surface area (Å²) in [7, 11) is 0. The molecule has 0 saturated heterocycles. The second-order valence-electron chi connectivity index (χ2n) is 3.92. The number of thiazole rings is 1. The molecular formula is C12H13N3O3S2. The van der Waals surface area contributed by atoms with Crippen LogP contribution in [0.3, 0.4) is 0 Å². The fourth-order valence-electron chi connectivity index (χ4n) is 1.44. The lowest BCUT2D eigenvalue weighted by molar-refractivity contribution is 0.0691. The smallest absolute Gasteiger partial charge is 0.355 e. The van der Waals surface area contributed by atoms with Crippen LogP contribution in [0.2, 0.25) is 0 Å². The van der Waals surface area contributed by atoms with Gasteiger partial charge in [-0.15, -0.1) is 11.3 Å². The number of hydrogen-bond donors (Lipinski definition) is 3. The maximum Gasteiger partial charge on any atom is 0.355 e. The Hall–Kier alpha value is -1.93. The zero-order chi connectivity index (χ0) is 14.4. The van der Waals surface area contributed by atoms with E-state index in [1.54, 1.807) is 11.3 Å². The van der Waals surface area contributed by atoms with Gasteiger partial charge in [0.2, 0.25) is 0 Å². The molecule has 0 saturated carbocycles. The van der Waals surface area contributed by atoms with Crippen LogP contribution >= 0.6 is 22.7 Å². The fourth-order valence-corrected chi connectivity index (χ4v) is 2.89. The van der Waals surface area contributed by atoms with E-state index in [2.05, 4.69) is 15.6 Å². The molecule has 2 heterocycles. The molecule has 0 aliphatic heterocycles. The normalized spacial score (nSPS) is 10.2. The van der Waals surface area contributed by atoms with E-state index < -0.39 is 5.97 Å². The highest BCUT2D eigenvalue weighted by Crippen LogP contribution is 2.09. The number of carboxylic acid groups (broad SMARTS) is 1. The number of carboxylic acids is 1. The third kappa shape index (κ3) is 4.32. The molecule has 2 aromatic heterocycles. The third-order valence-corrected chi connectivity index (χ3v) is 4.07. The van der Waals surface area contributed by atoms with Gasteiger partial charge in [-0.25, -0.2) is 14.6 Å². The maximum atomic E-state index is 11.5. The van der Waals surface area contributed by atoms with E-state index in [0.717, 1.165) is 5.56 Å². The molecule has 0 atom stereocenters. The van der Waals surface area contributed by atoms with Gasteiger partial charge in [0.25, 0.3) is 0 Å². The number of rotatable bonds is 6. The van der Waals surface area contributed by atoms with Gasteiger partial charge < -0.3 is 15.7 Å². The molecule has 2 amide bonds. The van der Waals surface area contributed by atoms with E-state index in [-0.39, 0.29) is 11.7 Å². The van der Waals surface area contributed by atoms with Gasteiger partial charge in [-0.1, -0.05) is 0 Å². The number of urea groups is 1. The Kier molecular flexibility index (Phi) is 5.08. The largest absolute Gasteiger partial charge is 0.476 e. The molecule has 0 aromatic carbocycles. The molecule has 0 bridgehead atoms. The zero-order valence-corrected chi connectivity index (χ0v) is 12.1. The van der Waals surface area contributed by atoms with E-state index in [1.165, 1.54) is 16.7 Å². The first-order valence-corrected chi connectivity index (χ1v) is 7.68. The summed E-state index contributed by atoms with van der Waals surface area (Å²) in [6.07, 6.45) is 0.518. The van der Waals surface area contributed by atoms with E-state index in [1.807, 2.05) is 16.8 Å². The van der Waals surface area contributed by atoms with E-state index >= 15 is 0 Å². The molecule has 0 fully saturated rings. The van der Waals surface area contributed by atoms with Gasteiger partial charge in [0.1, 0.15) is 0 Å². The van der Waals surface area contributed by atoms with Gasteiger partial charge in [0, 0.05) is 24.9 Å². The lowest BCUT2D eigenvalue weighted by Crippen LogP contribution is -2.36. The van der Waals surface area contributed by atoms with E-state index in [9.17, 15) is 9.59 Å². The molecule has 2 aromatic rings. The standard InChI is InChI=1S/C12H13N3O3S2/c16-11(17)9-7-20-10(15-9)1-3-13-12(18)14-5-8-2-4-19-6-8/h2,4,6-7H,1,3,5H2,(H,16,17)(H2,13,14,18). The van der Waals surface area contributed by atoms with Crippen LogP contribution in [-0.2, 0) is 13.0 Å². The van der Waals surface area contributed by atoms with Gasteiger partial charge in [0.05, 0.1) is 5.01 Å². The van der Waals surface area contributed by atoms with Crippen LogP contribution in [-0.4, -0.2) is 28.6 Å². The summed E-state index contributed by atoms with van der Waals surface area (Å²) < 4.78 is 0. The van der Waals surface area contributed by atoms with Crippen molar-refractivity contribution in [1.82, 2.24) is 15.6 Å². The number of carbonyl (C=O) groups is 2. The summed E-state index contributed by atoms with van der Waals surface area (Å²) in [6.45, 7) is 0.914. The van der Waals surface area contributed by atoms with Crippen LogP contribution in [0, 0.1) is 0 Å². The minimum absolute atomic E-state index is 0.0481. The SMILES string of the molecule is O=C(NCCc1nc(C(=O)O)cs1)NCc1ccsc1. The molecule has 20 heavy (non-hydrogen) atoms. The van der Waals surface area contributed by atoms with Crippen molar-refractivity contribution >= 4 is 34.7 Å². The molecule has 0 aliphatic rings. The highest BCUT2D eigenvalue weighted by atomic mass is 32.1. The van der Waals surface area contributed by atoms with Crippen LogP contribution in [0.15, 0.2) is 22.2 Å². The van der Waals surface area contributed by atoms with Crippen molar-refractivity contribution in [2.24, 2.45) is 0 Å². The van der Waals surface area contributed by atoms with Gasteiger partial charge in [-0.3, -0.25) is 0 Å². The second-order valence-corrected chi connectivity index (χ2v) is 5.65. The number of carbonyl (C=O) groups excluding carboxylic acids is 1. The monoisotopic (exact) mass is 311 g/mol. The van der Waals surface area contributed by atoms with E-state index in [4.69, 9.17) is 5.11 Å². The minimum Gasteiger partial charge on any atom is -0.476 e. The molecule has 0 aliphatic carbocycles. The van der Waals surface area contributed by atoms with Crippen LogP contribution < -0.4 is 10.6 Å². The molecule has 6 nitrogen and oxygen atoms in total. The van der Waals surface area contributed by atoms with Crippen LogP contribution in [0.1, 0.15) is 21.1 Å². The molecule has 3 N–H and O–H groups in total. The number of hydrogen-bond acceptors (Lipinski definition) is 5. The molecular weight excluding hydrogens is 298 g/mol. The Balaban J connectivity index is 1.67. The van der Waals surface area contributed by atoms with Gasteiger partial charge >= 0.3 is 12.0 Å². The Morgan fingerprint density at radius 1 is 1.30 bits per heavy atom. The predicted octanol–water partition coefficient (Wildman–Crippen LogP) is 1.94. The number of thiophene rings is 1. The van der Waals surface area contributed by atoms with Crippen LogP contribution in [0.5, 0.6) is 0 Å². The van der Waals surface area contributed by atoms with Gasteiger partial charge in [-0.05, 0) is 22.4 Å². The maximum absolute atomic E-state index is 11.5. The number of nitrogens with zero attached hydrogens (tertiary/aromatic N) is 1. The Morgan fingerprint density at radius 2 is 2.15 bits per heavy atom. The fraction of sp³-hybridized carbons (Fsp3) is 0.250. The average Bonchev–Trinajstić information content (AvgIpc) is 3.07. The van der Waals surface area contributed by atoms with Crippen molar-refractivity contribution in [2.75, 3.05) is 6.54 Å². The van der Waals surface area contributed by atoms with Crippen LogP contribution in [0.4, 0.5) is 4.79 Å². The Morgan fingerprint density at radius 3 is 2.80 bits per heavy atom. The highest BCUT2D eigenvalue weighted by Gasteiger charge is 2.08. The summed E-state index contributed by atoms with van der Waals surface area (Å²) >= 11 is 2.86. The lowest BCUT2D eigenvalue weighted by atomic mass is 10.3. The predicted molar refractivity (Wildman–Crippen MR) is 77.3 cm³/mol. The molecule has 8 heteroatoms. The topological polar surface area (TPSA) is 91.3 Å². The summed E-state index contributed by atoms with van der Waals surface area (Å²) in [5, 5.41) is 20.3. The minimum atomic E-state index is -1.03. The van der Waals surface area contributed by atoms with Crippen LogP contribution in [0.25, 0.3) is 0 Å². The molecule has 0 unspecified atom stereocenters. The Bertz CT molecular complexity index is 581. The van der Waals surface area contributed by atoms with Crippen molar-refractivity contribution in [3.8, 4) is 0 Å². The first-order valence-electron chi connectivity index (χ1n) is 5.85. The van der Waals surface area contributed by atoms with Crippen molar-refractivity contribution in [3.63, 3.8) is 0 Å². The molecule has 2 rings (SSSR count). The van der Waals surface area contributed by atoms with Crippen molar-refractivity contribution < 1.29 is 14.7 Å². The van der Waals surface area contributed by atoms with Crippen molar-refractivity contribution in [3.05, 3.63) is 38.5 Å². The molecule has 0 spiro atoms. The Labute approximate surface area is 123 Å². The summed E-state index contributed by atoms with van der Waals surface area (Å²) in [5.41, 5.74) is 1.11. The molecule has 106 valence electrons. The number of nitrogens with one attached hydrogen (secondary N) is 2. The third-order valence-electron chi connectivity index (χ3n) is 2.43. The number of amides is 2. The quantitative estimate of drug-likeness (QED) is 0.760. The first kappa shape index (κ1) is 14.5. The zero-order valence-electron chi connectivity index (χ0n) is 10.5.